The summed E-state index contributed by atoms with van der Waals surface area (Å²) in [6, 6.07) is 13.2. The maximum Gasteiger partial charge on any atom is 0.337 e. The number of ether oxygens (including phenoxy) is 1. The number of nitrogens with zero attached hydrogens (tertiary/aromatic N) is 1. The first-order valence-electron chi connectivity index (χ1n) is 8.46. The summed E-state index contributed by atoms with van der Waals surface area (Å²) in [6.45, 7) is 3.88. The normalized spacial score (nSPS) is 10.5. The van der Waals surface area contributed by atoms with E-state index in [4.69, 9.17) is 4.74 Å². The summed E-state index contributed by atoms with van der Waals surface area (Å²) in [5.74, 6) is -0.549. The molecule has 2 aromatic carbocycles. The van der Waals surface area contributed by atoms with E-state index in [0.29, 0.717) is 11.3 Å². The molecule has 138 valence electrons. The highest BCUT2D eigenvalue weighted by molar-refractivity contribution is 7.13. The third kappa shape index (κ3) is 4.60. The summed E-state index contributed by atoms with van der Waals surface area (Å²) in [6.07, 6.45) is 0.195. The molecule has 0 atom stereocenters. The average Bonchev–Trinajstić information content (AvgIpc) is 3.11. The zero-order valence-corrected chi connectivity index (χ0v) is 16.2. The SMILES string of the molecule is COC(=O)c1ccc(NC(=O)Cc2csc(-c3ccc(C)cc3)n2)c(C)c1. The maximum atomic E-state index is 12.4. The Hall–Kier alpha value is -2.99. The fraction of sp³-hybridized carbons (Fsp3) is 0.190. The molecule has 1 amide bonds. The first-order chi connectivity index (χ1) is 13.0. The molecule has 3 rings (SSSR count). The Morgan fingerprint density at radius 2 is 1.85 bits per heavy atom. The molecule has 0 saturated heterocycles. The van der Waals surface area contributed by atoms with Crippen molar-refractivity contribution in [3.05, 3.63) is 70.2 Å². The van der Waals surface area contributed by atoms with Crippen molar-refractivity contribution >= 4 is 28.9 Å². The van der Waals surface area contributed by atoms with Gasteiger partial charge >= 0.3 is 5.97 Å². The molecule has 0 spiro atoms. The van der Waals surface area contributed by atoms with E-state index in [0.717, 1.165) is 21.8 Å². The average molecular weight is 380 g/mol. The molecule has 0 radical (unpaired) electrons. The third-order valence-electron chi connectivity index (χ3n) is 4.11. The standard InChI is InChI=1S/C21H20N2O3S/c1-13-4-6-15(7-5-13)20-22-17(12-27-20)11-19(24)23-18-9-8-16(10-14(18)2)21(25)26-3/h4-10,12H,11H2,1-3H3,(H,23,24). The number of aromatic nitrogens is 1. The van der Waals surface area contributed by atoms with Crippen LogP contribution in [-0.2, 0) is 16.0 Å². The topological polar surface area (TPSA) is 68.3 Å². The van der Waals surface area contributed by atoms with Crippen molar-refractivity contribution in [2.75, 3.05) is 12.4 Å². The van der Waals surface area contributed by atoms with Gasteiger partial charge in [0.2, 0.25) is 5.91 Å². The molecular formula is C21H20N2O3S. The summed E-state index contributed by atoms with van der Waals surface area (Å²) in [5.41, 5.74) is 4.90. The quantitative estimate of drug-likeness (QED) is 0.667. The molecule has 1 aromatic heterocycles. The van der Waals surface area contributed by atoms with Gasteiger partial charge in [-0.1, -0.05) is 29.8 Å². The summed E-state index contributed by atoms with van der Waals surface area (Å²) >= 11 is 1.53. The lowest BCUT2D eigenvalue weighted by Gasteiger charge is -2.09. The molecule has 1 N–H and O–H groups in total. The van der Waals surface area contributed by atoms with Gasteiger partial charge in [0.1, 0.15) is 5.01 Å². The van der Waals surface area contributed by atoms with Crippen molar-refractivity contribution < 1.29 is 14.3 Å². The van der Waals surface area contributed by atoms with E-state index in [1.807, 2.05) is 43.5 Å². The minimum atomic E-state index is -0.401. The van der Waals surface area contributed by atoms with E-state index >= 15 is 0 Å². The number of amides is 1. The Morgan fingerprint density at radius 3 is 2.52 bits per heavy atom. The first kappa shape index (κ1) is 18.8. The molecule has 0 fully saturated rings. The Balaban J connectivity index is 1.66. The van der Waals surface area contributed by atoms with E-state index in [2.05, 4.69) is 10.3 Å². The Kier molecular flexibility index (Phi) is 5.66. The number of hydrogen-bond acceptors (Lipinski definition) is 5. The molecule has 0 aliphatic carbocycles. The molecule has 5 nitrogen and oxygen atoms in total. The van der Waals surface area contributed by atoms with Gasteiger partial charge in [-0.3, -0.25) is 4.79 Å². The number of thiazole rings is 1. The lowest BCUT2D eigenvalue weighted by molar-refractivity contribution is -0.115. The predicted molar refractivity (Wildman–Crippen MR) is 107 cm³/mol. The predicted octanol–water partition coefficient (Wildman–Crippen LogP) is 4.39. The molecule has 27 heavy (non-hydrogen) atoms. The van der Waals surface area contributed by atoms with Crippen molar-refractivity contribution in [1.29, 1.82) is 0 Å². The summed E-state index contributed by atoms with van der Waals surface area (Å²) in [7, 11) is 1.34. The van der Waals surface area contributed by atoms with Crippen LogP contribution >= 0.6 is 11.3 Å². The lowest BCUT2D eigenvalue weighted by Crippen LogP contribution is -2.15. The van der Waals surface area contributed by atoms with Crippen molar-refractivity contribution in [1.82, 2.24) is 4.98 Å². The van der Waals surface area contributed by atoms with Crippen molar-refractivity contribution in [2.45, 2.75) is 20.3 Å². The van der Waals surface area contributed by atoms with Gasteiger partial charge in [-0.2, -0.15) is 0 Å². The van der Waals surface area contributed by atoms with Crippen LogP contribution in [0.4, 0.5) is 5.69 Å². The molecule has 0 bridgehead atoms. The largest absolute Gasteiger partial charge is 0.465 e. The highest BCUT2D eigenvalue weighted by Crippen LogP contribution is 2.24. The number of carbonyl (C=O) groups excluding carboxylic acids is 2. The van der Waals surface area contributed by atoms with E-state index in [9.17, 15) is 9.59 Å². The Morgan fingerprint density at radius 1 is 1.11 bits per heavy atom. The number of esters is 1. The number of hydrogen-bond donors (Lipinski definition) is 1. The number of anilines is 1. The van der Waals surface area contributed by atoms with Crippen LogP contribution in [0.3, 0.4) is 0 Å². The monoisotopic (exact) mass is 380 g/mol. The molecule has 0 aliphatic heterocycles. The van der Waals surface area contributed by atoms with Gasteiger partial charge in [0.25, 0.3) is 0 Å². The zero-order valence-electron chi connectivity index (χ0n) is 15.4. The van der Waals surface area contributed by atoms with Gasteiger partial charge in [-0.25, -0.2) is 9.78 Å². The number of carbonyl (C=O) groups is 2. The number of benzene rings is 2. The van der Waals surface area contributed by atoms with E-state index in [1.54, 1.807) is 18.2 Å². The van der Waals surface area contributed by atoms with E-state index in [-0.39, 0.29) is 12.3 Å². The van der Waals surface area contributed by atoms with Crippen LogP contribution in [-0.4, -0.2) is 24.0 Å². The van der Waals surface area contributed by atoms with Crippen LogP contribution in [0.25, 0.3) is 10.6 Å². The number of rotatable bonds is 5. The van der Waals surface area contributed by atoms with E-state index < -0.39 is 5.97 Å². The van der Waals surface area contributed by atoms with Gasteiger partial charge in [0.05, 0.1) is 24.8 Å². The van der Waals surface area contributed by atoms with Crippen molar-refractivity contribution in [3.8, 4) is 10.6 Å². The zero-order chi connectivity index (χ0) is 19.4. The number of nitrogens with one attached hydrogen (secondary N) is 1. The molecule has 3 aromatic rings. The first-order valence-corrected chi connectivity index (χ1v) is 9.34. The lowest BCUT2D eigenvalue weighted by atomic mass is 10.1. The summed E-state index contributed by atoms with van der Waals surface area (Å²) in [5, 5.41) is 5.68. The Labute approximate surface area is 162 Å². The Bertz CT molecular complexity index is 977. The van der Waals surface area contributed by atoms with Crippen LogP contribution in [0.5, 0.6) is 0 Å². The second-order valence-corrected chi connectivity index (χ2v) is 7.11. The van der Waals surface area contributed by atoms with Crippen LogP contribution < -0.4 is 5.32 Å². The highest BCUT2D eigenvalue weighted by atomic mass is 32.1. The fourth-order valence-corrected chi connectivity index (χ4v) is 3.45. The van der Waals surface area contributed by atoms with Crippen LogP contribution in [0, 0.1) is 13.8 Å². The molecule has 6 heteroatoms. The maximum absolute atomic E-state index is 12.4. The summed E-state index contributed by atoms with van der Waals surface area (Å²) < 4.78 is 4.70. The second-order valence-electron chi connectivity index (χ2n) is 6.26. The van der Waals surface area contributed by atoms with Gasteiger partial charge in [0.15, 0.2) is 0 Å². The molecule has 0 aliphatic rings. The molecule has 0 saturated carbocycles. The van der Waals surface area contributed by atoms with Gasteiger partial charge in [-0.15, -0.1) is 11.3 Å². The summed E-state index contributed by atoms with van der Waals surface area (Å²) in [4.78, 5) is 28.5. The van der Waals surface area contributed by atoms with E-state index in [1.165, 1.54) is 24.0 Å². The van der Waals surface area contributed by atoms with Gasteiger partial charge < -0.3 is 10.1 Å². The van der Waals surface area contributed by atoms with Gasteiger partial charge in [-0.05, 0) is 37.6 Å². The van der Waals surface area contributed by atoms with Crippen molar-refractivity contribution in [3.63, 3.8) is 0 Å². The number of methoxy groups -OCH3 is 1. The minimum Gasteiger partial charge on any atom is -0.465 e. The minimum absolute atomic E-state index is 0.148. The molecule has 1 heterocycles. The molecular weight excluding hydrogens is 360 g/mol. The molecule has 0 unspecified atom stereocenters. The van der Waals surface area contributed by atoms with Crippen LogP contribution in [0.2, 0.25) is 0 Å². The van der Waals surface area contributed by atoms with Crippen LogP contribution in [0.15, 0.2) is 47.8 Å². The van der Waals surface area contributed by atoms with Crippen molar-refractivity contribution in [2.24, 2.45) is 0 Å². The fourth-order valence-electron chi connectivity index (χ4n) is 2.62. The van der Waals surface area contributed by atoms with Gasteiger partial charge in [0, 0.05) is 16.6 Å². The number of aryl methyl sites for hydroxylation is 2. The van der Waals surface area contributed by atoms with Crippen LogP contribution in [0.1, 0.15) is 27.2 Å². The smallest absolute Gasteiger partial charge is 0.337 e. The highest BCUT2D eigenvalue weighted by Gasteiger charge is 2.12. The third-order valence-corrected chi connectivity index (χ3v) is 5.05. The second kappa shape index (κ2) is 8.14.